The van der Waals surface area contributed by atoms with E-state index < -0.39 is 345 Å². The lowest BCUT2D eigenvalue weighted by molar-refractivity contribution is -0.138. The average Bonchev–Trinajstić information content (AvgIpc) is 1.52. The minimum atomic E-state index is -5.09. The molecule has 5 aliphatic carbocycles. The Balaban J connectivity index is 0.000000219. The zero-order valence-electron chi connectivity index (χ0n) is 114. The van der Waals surface area contributed by atoms with Crippen LogP contribution in [-0.2, 0) is 108 Å². The topological polar surface area (TPSA) is 175 Å². The fourth-order valence-electron chi connectivity index (χ4n) is 15.9. The molecule has 0 bridgehead atoms. The Morgan fingerprint density at radius 1 is 0.444 bits per heavy atom. The molecule has 10 aromatic rings. The molecule has 6 atom stereocenters. The third-order valence-corrected chi connectivity index (χ3v) is 26.2. The Bertz CT molecular complexity index is 8360. The second-order valence-electron chi connectivity index (χ2n) is 33.0. The van der Waals surface area contributed by atoms with E-state index in [1.54, 1.807) is 45.0 Å². The highest BCUT2D eigenvalue weighted by atomic mass is 32.2. The third kappa shape index (κ3) is 29.3. The number of benzene rings is 7. The summed E-state index contributed by atoms with van der Waals surface area (Å²) in [5.74, 6) is -11.8. The van der Waals surface area contributed by atoms with Crippen molar-refractivity contribution in [1.82, 2.24) is 58.1 Å². The lowest BCUT2D eigenvalue weighted by atomic mass is 9.82. The van der Waals surface area contributed by atoms with Gasteiger partial charge in [0.2, 0.25) is 17.7 Å². The van der Waals surface area contributed by atoms with Crippen LogP contribution in [0.25, 0.3) is 22.3 Å². The van der Waals surface area contributed by atoms with Gasteiger partial charge in [0.15, 0.2) is 15.5 Å². The smallest absolute Gasteiger partial charge is 0.336 e. The maximum Gasteiger partial charge on any atom is 0.416 e. The average molecular weight is 2080 g/mol. The fraction of sp³-hybridized carbons (Fsp3) is 0.414. The Morgan fingerprint density at radius 3 is 1.23 bits per heavy atom. The van der Waals surface area contributed by atoms with E-state index in [0.29, 0.717) is 132 Å². The van der Waals surface area contributed by atoms with Crippen molar-refractivity contribution in [3.8, 4) is 22.3 Å². The molecule has 0 aliphatic heterocycles. The van der Waals surface area contributed by atoms with Crippen molar-refractivity contribution in [2.45, 2.75) is 216 Å². The first-order valence-electron chi connectivity index (χ1n) is 63.6. The van der Waals surface area contributed by atoms with Crippen molar-refractivity contribution in [2.75, 3.05) is 85.0 Å². The number of nitrogens with zero attached hydrogens (tertiary/aromatic N) is 12. The van der Waals surface area contributed by atoms with Gasteiger partial charge in [-0.05, 0) is 250 Å². The maximum atomic E-state index is 14.7. The number of carbonyl (C=O) groups excluding carboxylic acids is 3. The molecule has 3 amide bonds. The van der Waals surface area contributed by atoms with Crippen molar-refractivity contribution in [3.05, 3.63) is 337 Å². The fourth-order valence-corrected chi connectivity index (χ4v) is 18.0. The molecule has 0 radical (unpaired) electrons. The summed E-state index contributed by atoms with van der Waals surface area (Å²) >= 11 is 0.357. The number of fused-ring (bicyclic) bond motifs is 3. The summed E-state index contributed by atoms with van der Waals surface area (Å²) in [5.41, 5.74) is -18.1. The first-order chi connectivity index (χ1) is 82.8. The summed E-state index contributed by atoms with van der Waals surface area (Å²) < 4.78 is 469. The molecule has 15 rings (SSSR count). The van der Waals surface area contributed by atoms with Gasteiger partial charge in [-0.25, -0.2) is 13.2 Å². The SMILES string of the molecule is [2H]C1=C(C2=C([2H])C([2H])=C(C(F)(F)F)C(C)C2[2H])C([2H])C([2H])C(C([2H])([2H])N(CCN(CC)CC)C(=O)Cn2c(SC([2H])([2H])c3c([2H])c([2H])c(F)c([2H])c3[2H])nc(=O)c3c2CCC3)=C1[2H].[2H]c1c([2H])c(C([2H])([2H])Sc2nc(=O)c3c(n2CC(=O)N(CCN(CC)CC)C([2H])(C)c2ccc(-c4ccc(C(F)(F)F)cc4)cc2)CCC3)c([2H])c([2H])c1F.[2H]c1c([2H])c(C([2H])([2H])Sc2nc(=O)c3c(n2CC(=O)N(CCN(CC)CC)C([2H])([2H])c2ccc(-c4ccc(C(F)(F)F)cc4)cc2)C([2H])([2H])C([2H])(C)C3([2H])[2H])c([2H])c([2H])c1F. The molecule has 0 saturated carbocycles. The number of likely N-dealkylation sites (N-methyl/N-ethyl adjacent to an activating group) is 3. The van der Waals surface area contributed by atoms with Crippen molar-refractivity contribution in [1.29, 1.82) is 0 Å². The molecule has 0 spiro atoms. The van der Waals surface area contributed by atoms with Crippen LogP contribution >= 0.6 is 35.3 Å². The van der Waals surface area contributed by atoms with Gasteiger partial charge < -0.3 is 43.1 Å². The summed E-state index contributed by atoms with van der Waals surface area (Å²) in [6.07, 6.45) is -24.4. The molecule has 0 fully saturated rings. The van der Waals surface area contributed by atoms with E-state index in [0.717, 1.165) is 47.6 Å². The molecule has 144 heavy (non-hydrogen) atoms. The van der Waals surface area contributed by atoms with Gasteiger partial charge in [0, 0.05) is 128 Å². The van der Waals surface area contributed by atoms with Gasteiger partial charge in [0.25, 0.3) is 16.7 Å². The van der Waals surface area contributed by atoms with Crippen LogP contribution in [0.15, 0.2) is 246 Å². The number of thioether (sulfide) groups is 3. The summed E-state index contributed by atoms with van der Waals surface area (Å²) in [7, 11) is 0. The van der Waals surface area contributed by atoms with E-state index in [9.17, 15) is 88.3 Å². The Labute approximate surface area is 895 Å². The van der Waals surface area contributed by atoms with Crippen LogP contribution in [0.5, 0.6) is 0 Å². The number of alkyl halides is 9. The lowest BCUT2D eigenvalue weighted by Crippen LogP contribution is -2.42. The molecule has 766 valence electrons. The summed E-state index contributed by atoms with van der Waals surface area (Å²) in [5, 5.41) is -1.59. The minimum absolute atomic E-state index is 0.00697. The highest BCUT2D eigenvalue weighted by Crippen LogP contribution is 2.42. The first-order valence-corrected chi connectivity index (χ1v) is 48.3. The molecule has 18 nitrogen and oxygen atoms in total. The van der Waals surface area contributed by atoms with Crippen molar-refractivity contribution in [2.24, 2.45) is 11.8 Å². The van der Waals surface area contributed by atoms with Crippen LogP contribution < -0.4 is 16.7 Å². The van der Waals surface area contributed by atoms with Crippen molar-refractivity contribution >= 4 is 53.0 Å². The number of allylic oxidation sites excluding steroid dienone is 7. The third-order valence-electron chi connectivity index (χ3n) is 23.8. The van der Waals surface area contributed by atoms with Crippen LogP contribution in [0.4, 0.5) is 52.7 Å². The van der Waals surface area contributed by atoms with E-state index in [1.165, 1.54) is 58.0 Å². The standard InChI is InChI=1S/2C37H40F4N4O2S.C37H44F4N4O2S/c1-4-43(5-2)18-19-44(22-26-6-10-28(11-7-26)29-12-14-30(15-13-29)37(39,40)41)34(46)23-45-33-21-25(3)20-32(33)35(47)42-36(45)48-24-27-8-16-31(38)17-9-27;1-4-43(5-2)21-22-44(25(3)27-11-13-28(14-12-27)29-15-17-30(18-16-29)37(39,40)41)34(46)23-45-33-8-6-7-32(33)35(47)42-36(45)48-24-26-9-19-31(38)20-10-26;1-4-43(5-2)19-20-44(22-26-9-13-28(14-10-26)29-15-18-32(25(3)21-29)37(39,40)41)34(46)23-45-33-8-6-7-31(33)35(47)42-36(45)48-24-27-11-16-30(38)17-12-27/h6-17,25H,4-5,18-24H2,1-3H3;9-20,25H,4-8,21-24H2,1-3H3;9,11-13,15-18,25H,4-8,10,14,19-24H2,1-3H3/i8D,9D,16D,17D,20D2,21D2,22D2,24D2,25D;9D,10D,19D,20D,24D2,25D;9D,10D,11D,12D,13D,14D,15D,16D,17D,18D,21D,22D2,24D2. The number of hydrogen-bond acceptors (Lipinski definition) is 15. The molecule has 7 aromatic carbocycles. The van der Waals surface area contributed by atoms with Crippen molar-refractivity contribution in [3.63, 3.8) is 0 Å². The van der Waals surface area contributed by atoms with Gasteiger partial charge in [-0.15, -0.1) is 0 Å². The van der Waals surface area contributed by atoms with E-state index in [2.05, 4.69) is 19.9 Å². The Morgan fingerprint density at radius 2 is 0.819 bits per heavy atom. The van der Waals surface area contributed by atoms with Gasteiger partial charge in [0.1, 0.15) is 37.1 Å². The highest BCUT2D eigenvalue weighted by molar-refractivity contribution is 7.98. The highest BCUT2D eigenvalue weighted by Gasteiger charge is 2.40. The second-order valence-corrected chi connectivity index (χ2v) is 35.3. The quantitative estimate of drug-likeness (QED) is 0.0202. The second kappa shape index (κ2) is 50.6. The largest absolute Gasteiger partial charge is 0.416 e. The predicted octanol–water partition coefficient (Wildman–Crippen LogP) is 22.7. The van der Waals surface area contributed by atoms with Gasteiger partial charge in [-0.1, -0.05) is 230 Å². The maximum absolute atomic E-state index is 14.7. The van der Waals surface area contributed by atoms with Gasteiger partial charge in [-0.2, -0.15) is 54.5 Å². The lowest BCUT2D eigenvalue weighted by Gasteiger charge is -2.33. The zero-order valence-corrected chi connectivity index (χ0v) is 81.9. The van der Waals surface area contributed by atoms with E-state index in [4.69, 9.17) is 41.1 Å². The van der Waals surface area contributed by atoms with Crippen LogP contribution in [0.2, 0.25) is 0 Å². The van der Waals surface area contributed by atoms with Crippen molar-refractivity contribution < 1.29 is 115 Å². The van der Waals surface area contributed by atoms with E-state index >= 15 is 0 Å². The van der Waals surface area contributed by atoms with Crippen LogP contribution in [0.3, 0.4) is 0 Å². The monoisotopic (exact) mass is 2080 g/mol. The summed E-state index contributed by atoms with van der Waals surface area (Å²) in [6.45, 7) is 9.20. The molecule has 6 unspecified atom stereocenters. The molecular formula is C111H124F12N12O6S3. The summed E-state index contributed by atoms with van der Waals surface area (Å²) in [4.78, 5) is 104. The molecule has 3 aromatic heterocycles. The number of aromatic nitrogens is 6. The molecular weight excluding hydrogens is 1920 g/mol. The summed E-state index contributed by atoms with van der Waals surface area (Å²) in [6, 6.07) is 1.85. The minimum Gasteiger partial charge on any atom is -0.336 e. The van der Waals surface area contributed by atoms with Crippen LogP contribution in [0.1, 0.15) is 221 Å². The Kier molecular flexibility index (Phi) is 25.0. The normalized spacial score (nSPS) is 22.5. The predicted molar refractivity (Wildman–Crippen MR) is 545 cm³/mol. The number of amides is 3. The number of halogens is 12. The van der Waals surface area contributed by atoms with E-state index in [1.807, 2.05) is 37.5 Å². The Hall–Kier alpha value is -11.4. The number of carbonyl (C=O) groups is 3. The molecule has 0 N–H and O–H groups in total. The number of hydrogen-bond donors (Lipinski definition) is 0. The first kappa shape index (κ1) is 71.2. The molecule has 33 heteroatoms. The molecule has 3 heterocycles. The van der Waals surface area contributed by atoms with Gasteiger partial charge >= 0.3 is 18.5 Å². The van der Waals surface area contributed by atoms with Crippen LogP contribution in [0, 0.1) is 29.3 Å². The number of rotatable bonds is 39. The molecule has 5 aliphatic rings. The molecule has 0 saturated heterocycles. The van der Waals surface area contributed by atoms with E-state index in [-0.39, 0.29) is 84.5 Å². The van der Waals surface area contributed by atoms with Crippen LogP contribution in [-0.4, -0.2) is 167 Å². The van der Waals surface area contributed by atoms with Gasteiger partial charge in [0.05, 0.1) is 45.9 Å². The van der Waals surface area contributed by atoms with Gasteiger partial charge in [-0.3, -0.25) is 28.8 Å². The zero-order chi connectivity index (χ0) is 134.